The van der Waals surface area contributed by atoms with Gasteiger partial charge in [-0.05, 0) is 156 Å². The second kappa shape index (κ2) is 19.1. The number of allylic oxidation sites excluding steroid dienone is 1. The van der Waals surface area contributed by atoms with E-state index < -0.39 is 0 Å². The normalized spacial score (nSPS) is 32.3. The van der Waals surface area contributed by atoms with Gasteiger partial charge in [-0.3, -0.25) is 4.79 Å². The predicted octanol–water partition coefficient (Wildman–Crippen LogP) is 12.0. The van der Waals surface area contributed by atoms with Crippen molar-refractivity contribution in [1.29, 1.82) is 0 Å². The molecule has 0 amide bonds. The Labute approximate surface area is 303 Å². The van der Waals surface area contributed by atoms with Crippen LogP contribution >= 0.6 is 0 Å². The summed E-state index contributed by atoms with van der Waals surface area (Å²) >= 11 is 0. The Bertz CT molecular complexity index is 1070. The Kier molecular flexibility index (Phi) is 15.8. The maximum Gasteiger partial charge on any atom is 0.306 e. The van der Waals surface area contributed by atoms with Crippen molar-refractivity contribution in [2.45, 2.75) is 190 Å². The molecule has 9 unspecified atom stereocenters. The van der Waals surface area contributed by atoms with Gasteiger partial charge in [0.1, 0.15) is 11.9 Å². The molecule has 3 fully saturated rings. The highest BCUT2D eigenvalue weighted by molar-refractivity contribution is 5.75. The molecule has 0 spiro atoms. The molecule has 4 aliphatic carbocycles. The predicted molar refractivity (Wildman–Crippen MR) is 206 cm³/mol. The average Bonchev–Trinajstić information content (AvgIpc) is 3.42. The topological polar surface area (TPSA) is 46.6 Å². The van der Waals surface area contributed by atoms with Crippen molar-refractivity contribution in [3.63, 3.8) is 0 Å². The number of hydrogen-bond acceptors (Lipinski definition) is 4. The second-order valence-corrected chi connectivity index (χ2v) is 18.6. The molecular weight excluding hydrogens is 602 g/mol. The molecule has 0 aromatic carbocycles. The van der Waals surface area contributed by atoms with Crippen LogP contribution in [-0.2, 0) is 14.3 Å². The van der Waals surface area contributed by atoms with E-state index in [-0.39, 0.29) is 12.1 Å². The summed E-state index contributed by atoms with van der Waals surface area (Å²) in [5.74, 6) is 6.29. The van der Waals surface area contributed by atoms with Gasteiger partial charge in [0.25, 0.3) is 0 Å². The lowest BCUT2D eigenvalue weighted by Gasteiger charge is -2.58. The molecule has 0 heterocycles. The van der Waals surface area contributed by atoms with Crippen molar-refractivity contribution in [2.75, 3.05) is 19.6 Å². The van der Waals surface area contributed by atoms with Gasteiger partial charge < -0.3 is 14.4 Å². The Hall–Kier alpha value is -1.16. The number of unbranched alkanes of at least 4 members (excludes halogenated alkanes) is 5. The van der Waals surface area contributed by atoms with Crippen molar-refractivity contribution >= 4 is 11.8 Å². The molecule has 0 N–H and O–H groups in total. The molecule has 4 nitrogen and oxygen atoms in total. The molecule has 9 atom stereocenters. The number of ether oxygens (including phenoxy) is 1. The lowest BCUT2D eigenvalue weighted by molar-refractivity contribution is -0.151. The standard InChI is InChI=1S/C45H79NO3/c1-9-29-46(30-15-11-10-13-17-36(6)47)31-16-12-14-18-43(48)49-38-25-27-44(7)37(32-38)21-22-39-41-24-23-40(45(41,8)28-26-42(39)44)35(5)20-19-34(4)33(2)3/h21,33-35,38-42H,9-20,22-32H2,1-8H3. The van der Waals surface area contributed by atoms with Crippen LogP contribution in [0.1, 0.15) is 184 Å². The highest BCUT2D eigenvalue weighted by Gasteiger charge is 2.59. The van der Waals surface area contributed by atoms with E-state index in [0.29, 0.717) is 23.0 Å². The van der Waals surface area contributed by atoms with Gasteiger partial charge in [0.15, 0.2) is 0 Å². The van der Waals surface area contributed by atoms with Crippen LogP contribution in [0.5, 0.6) is 0 Å². The minimum atomic E-state index is 0.0289. The van der Waals surface area contributed by atoms with Gasteiger partial charge in [-0.1, -0.05) is 92.2 Å². The maximum atomic E-state index is 12.9. The molecule has 0 aliphatic heterocycles. The largest absolute Gasteiger partial charge is 0.462 e. The number of fused-ring (bicyclic) bond motifs is 5. The van der Waals surface area contributed by atoms with Gasteiger partial charge in [-0.15, -0.1) is 0 Å². The molecule has 0 aromatic heterocycles. The zero-order valence-electron chi connectivity index (χ0n) is 33.6. The van der Waals surface area contributed by atoms with Crippen LogP contribution in [0, 0.1) is 52.3 Å². The van der Waals surface area contributed by atoms with Crippen molar-refractivity contribution < 1.29 is 14.3 Å². The summed E-state index contributed by atoms with van der Waals surface area (Å²) in [5.41, 5.74) is 2.46. The summed E-state index contributed by atoms with van der Waals surface area (Å²) in [6.45, 7) is 22.5. The number of esters is 1. The molecule has 4 aliphatic rings. The number of Topliss-reactive ketones (excluding diaryl/α,β-unsaturated/α-hetero) is 1. The van der Waals surface area contributed by atoms with Crippen LogP contribution in [0.3, 0.4) is 0 Å². The summed E-state index contributed by atoms with van der Waals surface area (Å²) in [6.07, 6.45) is 26.0. The highest BCUT2D eigenvalue weighted by atomic mass is 16.5. The Morgan fingerprint density at radius 2 is 1.53 bits per heavy atom. The van der Waals surface area contributed by atoms with E-state index in [4.69, 9.17) is 4.74 Å². The van der Waals surface area contributed by atoms with E-state index in [2.05, 4.69) is 59.4 Å². The Morgan fingerprint density at radius 1 is 0.837 bits per heavy atom. The number of rotatable bonds is 21. The molecule has 282 valence electrons. The summed E-state index contributed by atoms with van der Waals surface area (Å²) in [4.78, 5) is 26.7. The summed E-state index contributed by atoms with van der Waals surface area (Å²) in [7, 11) is 0. The van der Waals surface area contributed by atoms with Crippen LogP contribution in [0.25, 0.3) is 0 Å². The van der Waals surface area contributed by atoms with Gasteiger partial charge in [-0.25, -0.2) is 0 Å². The molecule has 4 rings (SSSR count). The minimum Gasteiger partial charge on any atom is -0.462 e. The van der Waals surface area contributed by atoms with Gasteiger partial charge >= 0.3 is 5.97 Å². The lowest BCUT2D eigenvalue weighted by atomic mass is 9.47. The second-order valence-electron chi connectivity index (χ2n) is 18.6. The number of nitrogens with zero attached hydrogens (tertiary/aromatic N) is 1. The van der Waals surface area contributed by atoms with E-state index in [1.165, 1.54) is 77.0 Å². The first-order chi connectivity index (χ1) is 23.4. The van der Waals surface area contributed by atoms with Crippen LogP contribution in [0.4, 0.5) is 0 Å². The molecule has 0 saturated heterocycles. The van der Waals surface area contributed by atoms with Crippen molar-refractivity contribution in [3.8, 4) is 0 Å². The van der Waals surface area contributed by atoms with E-state index in [9.17, 15) is 9.59 Å². The monoisotopic (exact) mass is 682 g/mol. The SMILES string of the molecule is CCCN(CCCCCCC(C)=O)CCCCCC(=O)OC1CCC2(C)C(=CCC3C2CCC2(C)C(C(C)CCC(C)C(C)C)CCC32)C1. The first-order valence-electron chi connectivity index (χ1n) is 21.5. The number of hydrogen-bond donors (Lipinski definition) is 0. The molecular formula is C45H79NO3. The lowest BCUT2D eigenvalue weighted by Crippen LogP contribution is -2.51. The third kappa shape index (κ3) is 10.7. The molecule has 3 saturated carbocycles. The van der Waals surface area contributed by atoms with Crippen molar-refractivity contribution in [1.82, 2.24) is 4.90 Å². The highest BCUT2D eigenvalue weighted by Crippen LogP contribution is 2.67. The van der Waals surface area contributed by atoms with Gasteiger partial charge in [0.05, 0.1) is 0 Å². The van der Waals surface area contributed by atoms with Crippen LogP contribution in [-0.4, -0.2) is 42.4 Å². The summed E-state index contributed by atoms with van der Waals surface area (Å²) in [5, 5.41) is 0. The Balaban J connectivity index is 1.18. The Morgan fingerprint density at radius 3 is 2.22 bits per heavy atom. The van der Waals surface area contributed by atoms with Crippen molar-refractivity contribution in [3.05, 3.63) is 11.6 Å². The van der Waals surface area contributed by atoms with Gasteiger partial charge in [-0.2, -0.15) is 0 Å². The number of carbonyl (C=O) groups is 2. The molecule has 0 aromatic rings. The average molecular weight is 682 g/mol. The quantitative estimate of drug-likeness (QED) is 0.0687. The van der Waals surface area contributed by atoms with E-state index in [1.807, 2.05) is 0 Å². The maximum absolute atomic E-state index is 12.9. The summed E-state index contributed by atoms with van der Waals surface area (Å²) in [6, 6.07) is 0. The fourth-order valence-corrected chi connectivity index (χ4v) is 11.5. The first kappa shape index (κ1) is 40.6. The first-order valence-corrected chi connectivity index (χ1v) is 21.5. The van der Waals surface area contributed by atoms with E-state index in [0.717, 1.165) is 106 Å². The van der Waals surface area contributed by atoms with Crippen LogP contribution in [0.2, 0.25) is 0 Å². The number of ketones is 1. The van der Waals surface area contributed by atoms with Crippen LogP contribution in [0.15, 0.2) is 11.6 Å². The molecule has 0 bridgehead atoms. The minimum absolute atomic E-state index is 0.0289. The third-order valence-electron chi connectivity index (χ3n) is 15.0. The fraction of sp³-hybridized carbons (Fsp3) is 0.911. The zero-order valence-corrected chi connectivity index (χ0v) is 33.6. The molecule has 49 heavy (non-hydrogen) atoms. The third-order valence-corrected chi connectivity index (χ3v) is 15.0. The fourth-order valence-electron chi connectivity index (χ4n) is 11.5. The van der Waals surface area contributed by atoms with E-state index in [1.54, 1.807) is 12.5 Å². The van der Waals surface area contributed by atoms with E-state index >= 15 is 0 Å². The summed E-state index contributed by atoms with van der Waals surface area (Å²) < 4.78 is 6.16. The van der Waals surface area contributed by atoms with Crippen LogP contribution < -0.4 is 0 Å². The number of carbonyl (C=O) groups excluding carboxylic acids is 2. The van der Waals surface area contributed by atoms with Gasteiger partial charge in [0, 0.05) is 19.3 Å². The molecule has 4 heteroatoms. The van der Waals surface area contributed by atoms with Gasteiger partial charge in [0.2, 0.25) is 0 Å². The van der Waals surface area contributed by atoms with Crippen molar-refractivity contribution in [2.24, 2.45) is 52.3 Å². The zero-order chi connectivity index (χ0) is 35.6. The smallest absolute Gasteiger partial charge is 0.306 e. The molecule has 0 radical (unpaired) electrons.